The first-order chi connectivity index (χ1) is 13.7. The molecule has 0 spiro atoms. The van der Waals surface area contributed by atoms with E-state index < -0.39 is 0 Å². The monoisotopic (exact) mass is 391 g/mol. The van der Waals surface area contributed by atoms with E-state index in [1.54, 1.807) is 11.3 Å². The molecule has 4 aromatic rings. The second kappa shape index (κ2) is 7.97. The molecule has 2 aromatic carbocycles. The summed E-state index contributed by atoms with van der Waals surface area (Å²) in [6.07, 6.45) is 0.533. The molecule has 140 valence electrons. The number of hydrogen-bond donors (Lipinski definition) is 3. The van der Waals surface area contributed by atoms with Crippen LogP contribution in [0.15, 0.2) is 53.9 Å². The molecule has 0 unspecified atom stereocenters. The second-order valence-electron chi connectivity index (χ2n) is 6.16. The Labute approximate surface area is 165 Å². The Morgan fingerprint density at radius 2 is 1.93 bits per heavy atom. The van der Waals surface area contributed by atoms with Gasteiger partial charge in [0.05, 0.1) is 0 Å². The molecule has 0 aliphatic rings. The SMILES string of the molecule is Cc1csc(-c2ccc(NC(=O)Nc3cccc(Cc4nn[nH]n4)c3)cc2)n1. The van der Waals surface area contributed by atoms with E-state index in [1.807, 2.05) is 60.8 Å². The van der Waals surface area contributed by atoms with Crippen LogP contribution in [0.1, 0.15) is 17.1 Å². The average molecular weight is 391 g/mol. The average Bonchev–Trinajstić information content (AvgIpc) is 3.34. The number of nitrogens with zero attached hydrogens (tertiary/aromatic N) is 4. The second-order valence-corrected chi connectivity index (χ2v) is 7.01. The molecule has 9 heteroatoms. The number of aryl methyl sites for hydroxylation is 1. The van der Waals surface area contributed by atoms with E-state index in [1.165, 1.54) is 0 Å². The summed E-state index contributed by atoms with van der Waals surface area (Å²) in [5, 5.41) is 22.5. The fourth-order valence-electron chi connectivity index (χ4n) is 2.68. The summed E-state index contributed by atoms with van der Waals surface area (Å²) in [6, 6.07) is 14.8. The number of rotatable bonds is 5. The molecular formula is C19H17N7OS. The smallest absolute Gasteiger partial charge is 0.308 e. The van der Waals surface area contributed by atoms with Gasteiger partial charge >= 0.3 is 6.03 Å². The first kappa shape index (κ1) is 17.8. The maximum atomic E-state index is 12.3. The first-order valence-corrected chi connectivity index (χ1v) is 9.45. The van der Waals surface area contributed by atoms with Crippen LogP contribution in [0.5, 0.6) is 0 Å². The molecule has 0 fully saturated rings. The molecule has 0 radical (unpaired) electrons. The Hall–Kier alpha value is -3.59. The van der Waals surface area contributed by atoms with E-state index in [4.69, 9.17) is 0 Å². The van der Waals surface area contributed by atoms with Crippen molar-refractivity contribution < 1.29 is 4.79 Å². The van der Waals surface area contributed by atoms with Crippen LogP contribution in [0.25, 0.3) is 10.6 Å². The van der Waals surface area contributed by atoms with Crippen LogP contribution in [-0.2, 0) is 6.42 Å². The molecule has 0 atom stereocenters. The molecule has 0 saturated heterocycles. The van der Waals surface area contributed by atoms with E-state index >= 15 is 0 Å². The zero-order valence-electron chi connectivity index (χ0n) is 15.0. The van der Waals surface area contributed by atoms with Gasteiger partial charge in [0.15, 0.2) is 5.82 Å². The number of carbonyl (C=O) groups excluding carboxylic acids is 1. The zero-order valence-corrected chi connectivity index (χ0v) is 15.8. The van der Waals surface area contributed by atoms with Crippen molar-refractivity contribution in [2.45, 2.75) is 13.3 Å². The van der Waals surface area contributed by atoms with Crippen LogP contribution in [-0.4, -0.2) is 31.6 Å². The lowest BCUT2D eigenvalue weighted by molar-refractivity contribution is 0.262. The van der Waals surface area contributed by atoms with Gasteiger partial charge in [0.1, 0.15) is 5.01 Å². The topological polar surface area (TPSA) is 108 Å². The number of benzene rings is 2. The lowest BCUT2D eigenvalue weighted by atomic mass is 10.1. The van der Waals surface area contributed by atoms with Crippen molar-refractivity contribution in [2.75, 3.05) is 10.6 Å². The highest BCUT2D eigenvalue weighted by molar-refractivity contribution is 7.13. The van der Waals surface area contributed by atoms with Gasteiger partial charge in [-0.2, -0.15) is 5.21 Å². The van der Waals surface area contributed by atoms with Crippen molar-refractivity contribution >= 4 is 28.7 Å². The summed E-state index contributed by atoms with van der Waals surface area (Å²) in [5.41, 5.74) is 4.40. The van der Waals surface area contributed by atoms with Gasteiger partial charge in [-0.1, -0.05) is 17.3 Å². The predicted octanol–water partition coefficient (Wildman–Crippen LogP) is 3.87. The Kier molecular flexibility index (Phi) is 5.07. The normalized spacial score (nSPS) is 10.6. The Morgan fingerprint density at radius 3 is 2.64 bits per heavy atom. The summed E-state index contributed by atoms with van der Waals surface area (Å²) < 4.78 is 0. The number of hydrogen-bond acceptors (Lipinski definition) is 6. The molecule has 4 rings (SSSR count). The summed E-state index contributed by atoms with van der Waals surface area (Å²) in [5.74, 6) is 0.595. The predicted molar refractivity (Wildman–Crippen MR) is 108 cm³/mol. The number of carbonyl (C=O) groups is 1. The molecule has 0 aliphatic carbocycles. The summed E-state index contributed by atoms with van der Waals surface area (Å²) in [4.78, 5) is 16.8. The third-order valence-corrected chi connectivity index (χ3v) is 4.95. The Bertz CT molecular complexity index is 1070. The minimum Gasteiger partial charge on any atom is -0.308 e. The fraction of sp³-hybridized carbons (Fsp3) is 0.105. The molecular weight excluding hydrogens is 374 g/mol. The third-order valence-electron chi connectivity index (χ3n) is 3.95. The number of aromatic nitrogens is 5. The highest BCUT2D eigenvalue weighted by atomic mass is 32.1. The molecule has 2 amide bonds. The van der Waals surface area contributed by atoms with E-state index in [0.29, 0.717) is 23.6 Å². The van der Waals surface area contributed by atoms with Crippen LogP contribution in [0, 0.1) is 6.92 Å². The Morgan fingerprint density at radius 1 is 1.11 bits per heavy atom. The van der Waals surface area contributed by atoms with Crippen molar-refractivity contribution in [3.63, 3.8) is 0 Å². The largest absolute Gasteiger partial charge is 0.323 e. The third kappa shape index (κ3) is 4.38. The molecule has 2 heterocycles. The molecule has 3 N–H and O–H groups in total. The molecule has 0 aliphatic heterocycles. The van der Waals surface area contributed by atoms with Gasteiger partial charge in [-0.25, -0.2) is 9.78 Å². The van der Waals surface area contributed by atoms with E-state index in [-0.39, 0.29) is 6.03 Å². The van der Waals surface area contributed by atoms with Gasteiger partial charge in [0, 0.05) is 34.4 Å². The molecule has 0 saturated carbocycles. The maximum Gasteiger partial charge on any atom is 0.323 e. The van der Waals surface area contributed by atoms with Crippen LogP contribution >= 0.6 is 11.3 Å². The van der Waals surface area contributed by atoms with Crippen LogP contribution in [0.2, 0.25) is 0 Å². The number of urea groups is 1. The molecule has 0 bridgehead atoms. The standard InChI is InChI=1S/C19H17N7OS/c1-12-11-28-18(20-12)14-5-7-15(8-6-14)21-19(27)22-16-4-2-3-13(9-16)10-17-23-25-26-24-17/h2-9,11H,10H2,1H3,(H2,21,22,27)(H,23,24,25,26). The molecule has 2 aromatic heterocycles. The van der Waals surface area contributed by atoms with Crippen molar-refractivity contribution in [1.82, 2.24) is 25.6 Å². The van der Waals surface area contributed by atoms with Gasteiger partial charge in [0.2, 0.25) is 0 Å². The number of aromatic amines is 1. The van der Waals surface area contributed by atoms with E-state index in [0.717, 1.165) is 21.8 Å². The van der Waals surface area contributed by atoms with Crippen molar-refractivity contribution in [1.29, 1.82) is 0 Å². The van der Waals surface area contributed by atoms with Crippen LogP contribution in [0.3, 0.4) is 0 Å². The molecule has 8 nitrogen and oxygen atoms in total. The minimum atomic E-state index is -0.311. The van der Waals surface area contributed by atoms with E-state index in [9.17, 15) is 4.79 Å². The van der Waals surface area contributed by atoms with Gasteiger partial charge in [0.25, 0.3) is 0 Å². The van der Waals surface area contributed by atoms with Crippen molar-refractivity contribution in [3.05, 3.63) is 71.0 Å². The zero-order chi connectivity index (χ0) is 19.3. The number of H-pyrrole nitrogens is 1. The van der Waals surface area contributed by atoms with Gasteiger partial charge < -0.3 is 10.6 Å². The minimum absolute atomic E-state index is 0.311. The maximum absolute atomic E-state index is 12.3. The number of tetrazole rings is 1. The number of anilines is 2. The highest BCUT2D eigenvalue weighted by Gasteiger charge is 2.07. The highest BCUT2D eigenvalue weighted by Crippen LogP contribution is 2.25. The number of thiazole rings is 1. The van der Waals surface area contributed by atoms with Crippen molar-refractivity contribution in [2.24, 2.45) is 0 Å². The summed E-state index contributed by atoms with van der Waals surface area (Å²) >= 11 is 1.60. The van der Waals surface area contributed by atoms with Crippen LogP contribution < -0.4 is 10.6 Å². The van der Waals surface area contributed by atoms with Gasteiger partial charge in [-0.15, -0.1) is 21.5 Å². The summed E-state index contributed by atoms with van der Waals surface area (Å²) in [7, 11) is 0. The molecule has 28 heavy (non-hydrogen) atoms. The van der Waals surface area contributed by atoms with Crippen molar-refractivity contribution in [3.8, 4) is 10.6 Å². The quantitative estimate of drug-likeness (QED) is 0.479. The Balaban J connectivity index is 1.37. The van der Waals surface area contributed by atoms with E-state index in [2.05, 4.69) is 36.2 Å². The van der Waals surface area contributed by atoms with Crippen LogP contribution in [0.4, 0.5) is 16.2 Å². The lowest BCUT2D eigenvalue weighted by Crippen LogP contribution is -2.19. The fourth-order valence-corrected chi connectivity index (χ4v) is 3.48. The first-order valence-electron chi connectivity index (χ1n) is 8.57. The summed E-state index contributed by atoms with van der Waals surface area (Å²) in [6.45, 7) is 1.97. The lowest BCUT2D eigenvalue weighted by Gasteiger charge is -2.09. The number of nitrogens with one attached hydrogen (secondary N) is 3. The number of amides is 2. The van der Waals surface area contributed by atoms with Gasteiger partial charge in [-0.05, 0) is 48.9 Å². The van der Waals surface area contributed by atoms with Gasteiger partial charge in [-0.3, -0.25) is 0 Å².